The standard InChI is InChI=1S/C8H10O2/c9-7(10)8-1-4-5(2-8)6(4)3-8/h4-6H,1-3H2,(H,9,10). The van der Waals surface area contributed by atoms with Gasteiger partial charge >= 0.3 is 5.97 Å². The highest BCUT2D eigenvalue weighted by Crippen LogP contribution is 2.75. The molecule has 0 atom stereocenters. The molecule has 1 N–H and O–H groups in total. The van der Waals surface area contributed by atoms with Crippen molar-refractivity contribution in [3.63, 3.8) is 0 Å². The minimum absolute atomic E-state index is 0.236. The van der Waals surface area contributed by atoms with Crippen LogP contribution >= 0.6 is 0 Å². The molecule has 0 heterocycles. The first-order chi connectivity index (χ1) is 4.73. The normalized spacial score (nSPS) is 61.0. The quantitative estimate of drug-likeness (QED) is 0.589. The summed E-state index contributed by atoms with van der Waals surface area (Å²) in [6.07, 6.45) is 2.99. The van der Waals surface area contributed by atoms with Crippen molar-refractivity contribution in [2.75, 3.05) is 0 Å². The minimum atomic E-state index is -0.528. The minimum Gasteiger partial charge on any atom is -0.481 e. The Morgan fingerprint density at radius 1 is 1.20 bits per heavy atom. The van der Waals surface area contributed by atoms with Gasteiger partial charge in [-0.05, 0) is 37.0 Å². The van der Waals surface area contributed by atoms with Crippen LogP contribution in [0, 0.1) is 23.2 Å². The number of hydrogen-bond acceptors (Lipinski definition) is 1. The van der Waals surface area contributed by atoms with Crippen LogP contribution in [0.1, 0.15) is 19.3 Å². The van der Waals surface area contributed by atoms with Crippen LogP contribution in [0.3, 0.4) is 0 Å². The van der Waals surface area contributed by atoms with Crippen LogP contribution in [0.2, 0.25) is 0 Å². The van der Waals surface area contributed by atoms with E-state index in [1.165, 1.54) is 0 Å². The first-order valence-electron chi connectivity index (χ1n) is 3.96. The van der Waals surface area contributed by atoms with Gasteiger partial charge in [-0.1, -0.05) is 0 Å². The topological polar surface area (TPSA) is 37.3 Å². The molecule has 0 radical (unpaired) electrons. The van der Waals surface area contributed by atoms with Crippen LogP contribution < -0.4 is 0 Å². The third-order valence-electron chi connectivity index (χ3n) is 3.84. The van der Waals surface area contributed by atoms with Crippen molar-refractivity contribution in [1.29, 1.82) is 0 Å². The monoisotopic (exact) mass is 138 g/mol. The van der Waals surface area contributed by atoms with Crippen molar-refractivity contribution in [3.8, 4) is 0 Å². The summed E-state index contributed by atoms with van der Waals surface area (Å²) < 4.78 is 0. The molecule has 4 bridgehead atoms. The Labute approximate surface area is 59.2 Å². The Bertz CT molecular complexity index is 189. The number of carbonyl (C=O) groups is 1. The summed E-state index contributed by atoms with van der Waals surface area (Å²) in [6.45, 7) is 0. The van der Waals surface area contributed by atoms with Crippen molar-refractivity contribution >= 4 is 5.97 Å². The zero-order valence-electron chi connectivity index (χ0n) is 5.71. The molecule has 2 heteroatoms. The third kappa shape index (κ3) is 0.337. The molecule has 2 nitrogen and oxygen atoms in total. The summed E-state index contributed by atoms with van der Waals surface area (Å²) in [5.74, 6) is 1.96. The van der Waals surface area contributed by atoms with E-state index >= 15 is 0 Å². The van der Waals surface area contributed by atoms with Gasteiger partial charge in [0, 0.05) is 0 Å². The van der Waals surface area contributed by atoms with E-state index in [4.69, 9.17) is 5.11 Å². The van der Waals surface area contributed by atoms with E-state index in [2.05, 4.69) is 0 Å². The number of hydrogen-bond donors (Lipinski definition) is 1. The molecule has 0 aromatic rings. The summed E-state index contributed by atoms with van der Waals surface area (Å²) in [4.78, 5) is 10.8. The van der Waals surface area contributed by atoms with Crippen molar-refractivity contribution < 1.29 is 9.90 Å². The van der Waals surface area contributed by atoms with Gasteiger partial charge in [0.25, 0.3) is 0 Å². The lowest BCUT2D eigenvalue weighted by atomic mass is 9.89. The second kappa shape index (κ2) is 1.13. The van der Waals surface area contributed by atoms with Gasteiger partial charge < -0.3 is 5.11 Å². The molecule has 4 rings (SSSR count). The largest absolute Gasteiger partial charge is 0.481 e. The Kier molecular flexibility index (Phi) is 0.582. The fourth-order valence-electron chi connectivity index (χ4n) is 3.30. The van der Waals surface area contributed by atoms with Crippen molar-refractivity contribution in [2.24, 2.45) is 23.2 Å². The Morgan fingerprint density at radius 2 is 1.60 bits per heavy atom. The van der Waals surface area contributed by atoms with Crippen molar-refractivity contribution in [2.45, 2.75) is 19.3 Å². The van der Waals surface area contributed by atoms with Crippen LogP contribution in [-0.2, 0) is 4.79 Å². The number of aliphatic carboxylic acids is 1. The van der Waals surface area contributed by atoms with Gasteiger partial charge in [0.2, 0.25) is 0 Å². The van der Waals surface area contributed by atoms with Crippen molar-refractivity contribution in [3.05, 3.63) is 0 Å². The molecule has 0 unspecified atom stereocenters. The molecule has 0 saturated heterocycles. The molecular formula is C8H10O2. The van der Waals surface area contributed by atoms with Crippen LogP contribution in [0.15, 0.2) is 0 Å². The smallest absolute Gasteiger partial charge is 0.309 e. The van der Waals surface area contributed by atoms with E-state index in [1.54, 1.807) is 0 Å². The SMILES string of the molecule is O=C(O)C12CC3C(C1)C3C2. The lowest BCUT2D eigenvalue weighted by molar-refractivity contribution is -0.147. The maximum Gasteiger partial charge on any atom is 0.309 e. The molecule has 10 heavy (non-hydrogen) atoms. The molecule has 0 aliphatic heterocycles. The predicted molar refractivity (Wildman–Crippen MR) is 34.4 cm³/mol. The summed E-state index contributed by atoms with van der Waals surface area (Å²) in [7, 11) is 0. The number of carboxylic acids is 1. The highest BCUT2D eigenvalue weighted by atomic mass is 16.4. The lowest BCUT2D eigenvalue weighted by Crippen LogP contribution is -2.23. The third-order valence-corrected chi connectivity index (χ3v) is 3.84. The summed E-state index contributed by atoms with van der Waals surface area (Å²) in [5, 5.41) is 8.90. The Hall–Kier alpha value is -0.530. The van der Waals surface area contributed by atoms with Gasteiger partial charge in [0.1, 0.15) is 0 Å². The zero-order chi connectivity index (χ0) is 6.93. The highest BCUT2D eigenvalue weighted by Gasteiger charge is 2.72. The first kappa shape index (κ1) is 5.16. The van der Waals surface area contributed by atoms with E-state index in [0.29, 0.717) is 0 Å². The molecule has 4 aliphatic carbocycles. The number of carboxylic acid groups (broad SMARTS) is 1. The maximum atomic E-state index is 10.8. The summed E-state index contributed by atoms with van der Waals surface area (Å²) >= 11 is 0. The zero-order valence-corrected chi connectivity index (χ0v) is 5.71. The molecule has 4 fully saturated rings. The van der Waals surface area contributed by atoms with Gasteiger partial charge in [-0.3, -0.25) is 4.79 Å². The average Bonchev–Trinajstić information content (AvgIpc) is 2.44. The lowest BCUT2D eigenvalue weighted by Gasteiger charge is -2.15. The summed E-state index contributed by atoms with van der Waals surface area (Å²) in [5.41, 5.74) is -0.236. The van der Waals surface area contributed by atoms with Crippen LogP contribution in [-0.4, -0.2) is 11.1 Å². The van der Waals surface area contributed by atoms with Gasteiger partial charge in [-0.25, -0.2) is 0 Å². The molecule has 4 aliphatic rings. The Morgan fingerprint density at radius 3 is 1.80 bits per heavy atom. The van der Waals surface area contributed by atoms with E-state index in [0.717, 1.165) is 37.0 Å². The van der Waals surface area contributed by atoms with E-state index < -0.39 is 5.97 Å². The molecule has 4 saturated carbocycles. The molecule has 0 aromatic carbocycles. The molecule has 0 spiro atoms. The fourth-order valence-corrected chi connectivity index (χ4v) is 3.30. The summed E-state index contributed by atoms with van der Waals surface area (Å²) in [6, 6.07) is 0. The van der Waals surface area contributed by atoms with E-state index in [1.807, 2.05) is 0 Å². The number of rotatable bonds is 1. The van der Waals surface area contributed by atoms with E-state index in [-0.39, 0.29) is 5.41 Å². The van der Waals surface area contributed by atoms with Crippen LogP contribution in [0.4, 0.5) is 0 Å². The van der Waals surface area contributed by atoms with Crippen LogP contribution in [0.5, 0.6) is 0 Å². The molecule has 0 amide bonds. The fraction of sp³-hybridized carbons (Fsp3) is 0.875. The van der Waals surface area contributed by atoms with Gasteiger partial charge in [-0.2, -0.15) is 0 Å². The van der Waals surface area contributed by atoms with Gasteiger partial charge in [0.05, 0.1) is 5.41 Å². The predicted octanol–water partition coefficient (Wildman–Crippen LogP) is 1.12. The van der Waals surface area contributed by atoms with E-state index in [9.17, 15) is 4.79 Å². The molecular weight excluding hydrogens is 128 g/mol. The highest BCUT2D eigenvalue weighted by molar-refractivity contribution is 5.77. The van der Waals surface area contributed by atoms with Crippen molar-refractivity contribution in [1.82, 2.24) is 0 Å². The molecule has 0 aromatic heterocycles. The second-order valence-electron chi connectivity index (χ2n) is 4.19. The van der Waals surface area contributed by atoms with Gasteiger partial charge in [-0.15, -0.1) is 0 Å². The van der Waals surface area contributed by atoms with Gasteiger partial charge in [0.15, 0.2) is 0 Å². The maximum absolute atomic E-state index is 10.8. The van der Waals surface area contributed by atoms with Crippen LogP contribution in [0.25, 0.3) is 0 Å². The average molecular weight is 138 g/mol. The molecule has 54 valence electrons. The second-order valence-corrected chi connectivity index (χ2v) is 4.19. The first-order valence-corrected chi connectivity index (χ1v) is 3.96. The Balaban J connectivity index is 2.03.